The van der Waals surface area contributed by atoms with Gasteiger partial charge in [0.15, 0.2) is 0 Å². The SMILES string of the molecule is CN(C)c1ccc(C(=S)N2CCN(C(=S)c3ccc(F)cc3)CC2)cc1. The van der Waals surface area contributed by atoms with Crippen LogP contribution in [-0.2, 0) is 0 Å². The highest BCUT2D eigenvalue weighted by molar-refractivity contribution is 7.81. The molecule has 1 aliphatic heterocycles. The number of benzene rings is 2. The standard InChI is InChI=1S/C20H22FN3S2/c1-22(2)18-9-5-16(6-10-18)20(26)24-13-11-23(12-14-24)19(25)15-3-7-17(21)8-4-15/h3-10H,11-14H2,1-2H3. The maximum atomic E-state index is 13.1. The van der Waals surface area contributed by atoms with Crippen LogP contribution in [0.15, 0.2) is 48.5 Å². The van der Waals surface area contributed by atoms with E-state index in [0.29, 0.717) is 0 Å². The molecule has 0 bridgehead atoms. The lowest BCUT2D eigenvalue weighted by atomic mass is 10.1. The van der Waals surface area contributed by atoms with Crippen LogP contribution >= 0.6 is 24.4 Å². The molecule has 26 heavy (non-hydrogen) atoms. The minimum atomic E-state index is -0.244. The molecule has 0 N–H and O–H groups in total. The molecule has 3 nitrogen and oxygen atoms in total. The molecular weight excluding hydrogens is 365 g/mol. The number of halogens is 1. The van der Waals surface area contributed by atoms with Gasteiger partial charge in [0.2, 0.25) is 0 Å². The van der Waals surface area contributed by atoms with Crippen molar-refractivity contribution in [3.05, 3.63) is 65.5 Å². The molecular formula is C20H22FN3S2. The van der Waals surface area contributed by atoms with E-state index in [0.717, 1.165) is 53.0 Å². The average molecular weight is 388 g/mol. The summed E-state index contributed by atoms with van der Waals surface area (Å²) in [6.07, 6.45) is 0. The van der Waals surface area contributed by atoms with E-state index >= 15 is 0 Å². The van der Waals surface area contributed by atoms with Crippen molar-refractivity contribution in [3.8, 4) is 0 Å². The van der Waals surface area contributed by atoms with Gasteiger partial charge in [0.05, 0.1) is 0 Å². The summed E-state index contributed by atoms with van der Waals surface area (Å²) < 4.78 is 13.1. The number of rotatable bonds is 3. The van der Waals surface area contributed by atoms with E-state index in [9.17, 15) is 4.39 Å². The fourth-order valence-electron chi connectivity index (χ4n) is 2.97. The van der Waals surface area contributed by atoms with E-state index < -0.39 is 0 Å². The highest BCUT2D eigenvalue weighted by Crippen LogP contribution is 2.17. The first-order chi connectivity index (χ1) is 12.5. The molecule has 1 saturated heterocycles. The number of hydrogen-bond acceptors (Lipinski definition) is 3. The van der Waals surface area contributed by atoms with E-state index in [4.69, 9.17) is 24.4 Å². The summed E-state index contributed by atoms with van der Waals surface area (Å²) in [6, 6.07) is 14.7. The van der Waals surface area contributed by atoms with Crippen molar-refractivity contribution in [2.24, 2.45) is 0 Å². The minimum absolute atomic E-state index is 0.244. The van der Waals surface area contributed by atoms with Crippen LogP contribution in [0.5, 0.6) is 0 Å². The summed E-state index contributed by atoms with van der Waals surface area (Å²) in [5.41, 5.74) is 3.11. The Hall–Kier alpha value is -2.05. The van der Waals surface area contributed by atoms with Gasteiger partial charge in [0, 0.05) is 57.1 Å². The Kier molecular flexibility index (Phi) is 5.84. The number of thiocarbonyl (C=S) groups is 2. The third-order valence-corrected chi connectivity index (χ3v) is 5.56. The Bertz CT molecular complexity index is 780. The van der Waals surface area contributed by atoms with E-state index in [1.165, 1.54) is 12.1 Å². The molecule has 0 radical (unpaired) electrons. The van der Waals surface area contributed by atoms with Crippen LogP contribution in [0.25, 0.3) is 0 Å². The Morgan fingerprint density at radius 1 is 0.769 bits per heavy atom. The monoisotopic (exact) mass is 387 g/mol. The Balaban J connectivity index is 1.60. The normalized spacial score (nSPS) is 14.3. The van der Waals surface area contributed by atoms with Crippen molar-refractivity contribution in [2.75, 3.05) is 45.2 Å². The van der Waals surface area contributed by atoms with E-state index in [1.807, 2.05) is 14.1 Å². The fraction of sp³-hybridized carbons (Fsp3) is 0.300. The van der Waals surface area contributed by atoms with Gasteiger partial charge in [-0.25, -0.2) is 4.39 Å². The lowest BCUT2D eigenvalue weighted by Crippen LogP contribution is -2.50. The molecule has 0 atom stereocenters. The summed E-state index contributed by atoms with van der Waals surface area (Å²) in [5.74, 6) is -0.244. The van der Waals surface area contributed by atoms with Gasteiger partial charge in [-0.05, 0) is 48.5 Å². The lowest BCUT2D eigenvalue weighted by molar-refractivity contribution is 0.265. The fourth-order valence-corrected chi connectivity index (χ4v) is 3.61. The van der Waals surface area contributed by atoms with Crippen molar-refractivity contribution in [1.82, 2.24) is 9.80 Å². The number of hydrogen-bond donors (Lipinski definition) is 0. The summed E-state index contributed by atoms with van der Waals surface area (Å²) in [7, 11) is 4.05. The van der Waals surface area contributed by atoms with Crippen LogP contribution in [0.4, 0.5) is 10.1 Å². The quantitative estimate of drug-likeness (QED) is 0.743. The lowest BCUT2D eigenvalue weighted by Gasteiger charge is -2.37. The Morgan fingerprint density at radius 2 is 1.15 bits per heavy atom. The molecule has 0 amide bonds. The van der Waals surface area contributed by atoms with E-state index in [2.05, 4.69) is 39.0 Å². The Morgan fingerprint density at radius 3 is 1.54 bits per heavy atom. The first-order valence-corrected chi connectivity index (χ1v) is 9.39. The van der Waals surface area contributed by atoms with Crippen molar-refractivity contribution in [2.45, 2.75) is 0 Å². The molecule has 2 aromatic carbocycles. The van der Waals surface area contributed by atoms with Crippen molar-refractivity contribution in [3.63, 3.8) is 0 Å². The van der Waals surface area contributed by atoms with Crippen LogP contribution in [0.2, 0.25) is 0 Å². The maximum absolute atomic E-state index is 13.1. The second-order valence-electron chi connectivity index (χ2n) is 6.53. The first kappa shape index (κ1) is 18.7. The zero-order valence-corrected chi connectivity index (χ0v) is 16.6. The highest BCUT2D eigenvalue weighted by atomic mass is 32.1. The van der Waals surface area contributed by atoms with Crippen LogP contribution < -0.4 is 4.90 Å². The van der Waals surface area contributed by atoms with E-state index in [-0.39, 0.29) is 5.82 Å². The van der Waals surface area contributed by atoms with Crippen molar-refractivity contribution >= 4 is 40.1 Å². The molecule has 0 aliphatic carbocycles. The second-order valence-corrected chi connectivity index (χ2v) is 7.31. The second kappa shape index (κ2) is 8.10. The van der Waals surface area contributed by atoms with Gasteiger partial charge < -0.3 is 14.7 Å². The third-order valence-electron chi connectivity index (χ3n) is 4.58. The number of anilines is 1. The molecule has 6 heteroatoms. The van der Waals surface area contributed by atoms with Crippen molar-refractivity contribution in [1.29, 1.82) is 0 Å². The van der Waals surface area contributed by atoms with E-state index in [1.54, 1.807) is 12.1 Å². The molecule has 0 unspecified atom stereocenters. The smallest absolute Gasteiger partial charge is 0.123 e. The molecule has 2 aromatic rings. The molecule has 0 aromatic heterocycles. The van der Waals surface area contributed by atoms with Gasteiger partial charge in [-0.1, -0.05) is 24.4 Å². The van der Waals surface area contributed by atoms with Gasteiger partial charge in [0.1, 0.15) is 15.8 Å². The third kappa shape index (κ3) is 4.19. The molecule has 0 spiro atoms. The number of nitrogens with zero attached hydrogens (tertiary/aromatic N) is 3. The molecule has 1 aliphatic rings. The van der Waals surface area contributed by atoms with Gasteiger partial charge in [0.25, 0.3) is 0 Å². The van der Waals surface area contributed by atoms with Crippen LogP contribution in [0.3, 0.4) is 0 Å². The summed E-state index contributed by atoms with van der Waals surface area (Å²) in [5, 5.41) is 0. The predicted octanol–water partition coefficient (Wildman–Crippen LogP) is 3.56. The molecule has 1 heterocycles. The molecule has 136 valence electrons. The van der Waals surface area contributed by atoms with Crippen LogP contribution in [-0.4, -0.2) is 60.1 Å². The topological polar surface area (TPSA) is 9.72 Å². The maximum Gasteiger partial charge on any atom is 0.123 e. The largest absolute Gasteiger partial charge is 0.378 e. The molecule has 1 fully saturated rings. The predicted molar refractivity (Wildman–Crippen MR) is 114 cm³/mol. The van der Waals surface area contributed by atoms with Gasteiger partial charge in [-0.3, -0.25) is 0 Å². The highest BCUT2D eigenvalue weighted by Gasteiger charge is 2.22. The molecule has 0 saturated carbocycles. The zero-order valence-electron chi connectivity index (χ0n) is 15.0. The summed E-state index contributed by atoms with van der Waals surface area (Å²) in [4.78, 5) is 8.11. The summed E-state index contributed by atoms with van der Waals surface area (Å²) in [6.45, 7) is 3.28. The van der Waals surface area contributed by atoms with Gasteiger partial charge in [-0.15, -0.1) is 0 Å². The number of piperazine rings is 1. The minimum Gasteiger partial charge on any atom is -0.378 e. The van der Waals surface area contributed by atoms with Gasteiger partial charge in [-0.2, -0.15) is 0 Å². The average Bonchev–Trinajstić information content (AvgIpc) is 2.67. The van der Waals surface area contributed by atoms with Crippen LogP contribution in [0, 0.1) is 5.82 Å². The van der Waals surface area contributed by atoms with Crippen molar-refractivity contribution < 1.29 is 4.39 Å². The first-order valence-electron chi connectivity index (χ1n) is 8.57. The van der Waals surface area contributed by atoms with Crippen LogP contribution in [0.1, 0.15) is 11.1 Å². The zero-order chi connectivity index (χ0) is 18.7. The van der Waals surface area contributed by atoms with Gasteiger partial charge >= 0.3 is 0 Å². The summed E-state index contributed by atoms with van der Waals surface area (Å²) >= 11 is 11.2. The Labute approximate surface area is 165 Å². The molecule has 3 rings (SSSR count).